The number of rotatable bonds is 5. The molecule has 2 N–H and O–H groups in total. The highest BCUT2D eigenvalue weighted by molar-refractivity contribution is 5.96. The quantitative estimate of drug-likeness (QED) is 0.757. The number of Topliss-reactive ketones (excluding diaryl/α,β-unsaturated/α-hetero) is 1. The Morgan fingerprint density at radius 1 is 1.53 bits per heavy atom. The zero-order chi connectivity index (χ0) is 11.3. The van der Waals surface area contributed by atoms with Crippen molar-refractivity contribution < 1.29 is 9.18 Å². The van der Waals surface area contributed by atoms with E-state index in [4.69, 9.17) is 5.73 Å². The van der Waals surface area contributed by atoms with Crippen LogP contribution in [0.2, 0.25) is 0 Å². The van der Waals surface area contributed by atoms with Crippen molar-refractivity contribution in [1.82, 2.24) is 0 Å². The van der Waals surface area contributed by atoms with Crippen molar-refractivity contribution in [1.29, 1.82) is 0 Å². The van der Waals surface area contributed by atoms with Gasteiger partial charge < -0.3 is 5.73 Å². The van der Waals surface area contributed by atoms with Gasteiger partial charge >= 0.3 is 0 Å². The van der Waals surface area contributed by atoms with E-state index in [2.05, 4.69) is 0 Å². The van der Waals surface area contributed by atoms with Gasteiger partial charge in [0.05, 0.1) is 0 Å². The molecule has 0 aliphatic heterocycles. The van der Waals surface area contributed by atoms with Crippen LogP contribution in [0.25, 0.3) is 0 Å². The van der Waals surface area contributed by atoms with Crippen LogP contribution in [0.1, 0.15) is 36.5 Å². The first-order chi connectivity index (χ1) is 7.13. The van der Waals surface area contributed by atoms with Crippen LogP contribution in [-0.4, -0.2) is 11.8 Å². The smallest absolute Gasteiger partial charge is 0.164 e. The second-order valence-electron chi connectivity index (χ2n) is 3.69. The summed E-state index contributed by atoms with van der Waals surface area (Å²) >= 11 is 0. The molecule has 15 heavy (non-hydrogen) atoms. The van der Waals surface area contributed by atoms with Crippen LogP contribution in [0, 0.1) is 5.82 Å². The summed E-state index contributed by atoms with van der Waals surface area (Å²) in [5.74, 6) is -0.472. The predicted molar refractivity (Wildman–Crippen MR) is 58.2 cm³/mol. The third kappa shape index (κ3) is 3.80. The first-order valence-corrected chi connectivity index (χ1v) is 5.17. The van der Waals surface area contributed by atoms with E-state index in [1.807, 2.05) is 6.92 Å². The largest absolute Gasteiger partial charge is 0.327 e. The highest BCUT2D eigenvalue weighted by atomic mass is 19.1. The Balaban J connectivity index is 2.61. The standard InChI is InChI=1S/C12H16FNO/c1-2-4-11(14)8-12(15)9-5-3-6-10(13)7-9/h3,5-7,11H,2,4,8,14H2,1H3. The summed E-state index contributed by atoms with van der Waals surface area (Å²) in [6, 6.07) is 5.60. The number of halogens is 1. The number of carbonyl (C=O) groups is 1. The molecule has 82 valence electrons. The number of benzene rings is 1. The molecule has 3 heteroatoms. The maximum atomic E-state index is 12.8. The van der Waals surface area contributed by atoms with E-state index >= 15 is 0 Å². The molecule has 0 saturated heterocycles. The third-order valence-electron chi connectivity index (χ3n) is 2.25. The number of hydrogen-bond acceptors (Lipinski definition) is 2. The molecule has 0 fully saturated rings. The maximum absolute atomic E-state index is 12.8. The molecule has 0 amide bonds. The Bertz CT molecular complexity index is 338. The Morgan fingerprint density at radius 3 is 2.87 bits per heavy atom. The van der Waals surface area contributed by atoms with Crippen LogP contribution in [0.15, 0.2) is 24.3 Å². The molecule has 1 atom stereocenters. The molecule has 2 nitrogen and oxygen atoms in total. The lowest BCUT2D eigenvalue weighted by molar-refractivity contribution is 0.0973. The molecule has 0 bridgehead atoms. The lowest BCUT2D eigenvalue weighted by atomic mass is 10.0. The Hall–Kier alpha value is -1.22. The third-order valence-corrected chi connectivity index (χ3v) is 2.25. The lowest BCUT2D eigenvalue weighted by Crippen LogP contribution is -2.23. The lowest BCUT2D eigenvalue weighted by Gasteiger charge is -2.08. The van der Waals surface area contributed by atoms with Crippen LogP contribution in [0.5, 0.6) is 0 Å². The van der Waals surface area contributed by atoms with Crippen molar-refractivity contribution in [3.63, 3.8) is 0 Å². The van der Waals surface area contributed by atoms with Gasteiger partial charge in [0.1, 0.15) is 5.82 Å². The average Bonchev–Trinajstić information content (AvgIpc) is 2.18. The molecular formula is C12H16FNO. The van der Waals surface area contributed by atoms with Gasteiger partial charge in [-0.3, -0.25) is 4.79 Å². The minimum atomic E-state index is -0.384. The molecule has 0 aliphatic carbocycles. The molecule has 0 radical (unpaired) electrons. The van der Waals surface area contributed by atoms with Gasteiger partial charge in [0, 0.05) is 18.0 Å². The average molecular weight is 209 g/mol. The Labute approximate surface area is 89.3 Å². The van der Waals surface area contributed by atoms with Crippen LogP contribution >= 0.6 is 0 Å². The molecule has 1 rings (SSSR count). The van der Waals surface area contributed by atoms with Gasteiger partial charge in [0.25, 0.3) is 0 Å². The monoisotopic (exact) mass is 209 g/mol. The summed E-state index contributed by atoms with van der Waals surface area (Å²) in [5.41, 5.74) is 6.15. The zero-order valence-electron chi connectivity index (χ0n) is 8.87. The van der Waals surface area contributed by atoms with E-state index in [0.717, 1.165) is 12.8 Å². The summed E-state index contributed by atoms with van der Waals surface area (Å²) < 4.78 is 12.8. The van der Waals surface area contributed by atoms with Crippen molar-refractivity contribution in [3.8, 4) is 0 Å². The van der Waals surface area contributed by atoms with Crippen LogP contribution in [-0.2, 0) is 0 Å². The fraction of sp³-hybridized carbons (Fsp3) is 0.417. The summed E-state index contributed by atoms with van der Waals surface area (Å²) in [7, 11) is 0. The fourth-order valence-electron chi connectivity index (χ4n) is 1.49. The Morgan fingerprint density at radius 2 is 2.27 bits per heavy atom. The summed E-state index contributed by atoms with van der Waals surface area (Å²) in [6.07, 6.45) is 2.07. The zero-order valence-corrected chi connectivity index (χ0v) is 8.87. The van der Waals surface area contributed by atoms with Crippen LogP contribution < -0.4 is 5.73 Å². The summed E-state index contributed by atoms with van der Waals surface area (Å²) in [6.45, 7) is 2.02. The van der Waals surface area contributed by atoms with Crippen molar-refractivity contribution in [3.05, 3.63) is 35.6 Å². The molecule has 1 aromatic carbocycles. The van der Waals surface area contributed by atoms with Gasteiger partial charge in [-0.05, 0) is 18.6 Å². The van der Waals surface area contributed by atoms with E-state index in [1.54, 1.807) is 6.07 Å². The minimum Gasteiger partial charge on any atom is -0.327 e. The van der Waals surface area contributed by atoms with Crippen molar-refractivity contribution in [2.24, 2.45) is 5.73 Å². The molecule has 0 aliphatic rings. The maximum Gasteiger partial charge on any atom is 0.164 e. The molecule has 0 heterocycles. The van der Waals surface area contributed by atoms with E-state index in [-0.39, 0.29) is 24.1 Å². The van der Waals surface area contributed by atoms with Crippen LogP contribution in [0.4, 0.5) is 4.39 Å². The predicted octanol–water partition coefficient (Wildman–Crippen LogP) is 2.53. The van der Waals surface area contributed by atoms with Gasteiger partial charge in [0.15, 0.2) is 5.78 Å². The Kier molecular flexibility index (Phi) is 4.43. The van der Waals surface area contributed by atoms with Crippen LogP contribution in [0.3, 0.4) is 0 Å². The second kappa shape index (κ2) is 5.61. The van der Waals surface area contributed by atoms with E-state index in [1.165, 1.54) is 18.2 Å². The number of hydrogen-bond donors (Lipinski definition) is 1. The molecule has 1 aromatic rings. The van der Waals surface area contributed by atoms with Crippen molar-refractivity contribution in [2.75, 3.05) is 0 Å². The van der Waals surface area contributed by atoms with Gasteiger partial charge in [-0.2, -0.15) is 0 Å². The van der Waals surface area contributed by atoms with E-state index in [0.29, 0.717) is 5.56 Å². The number of ketones is 1. The van der Waals surface area contributed by atoms with Gasteiger partial charge in [-0.25, -0.2) is 4.39 Å². The highest BCUT2D eigenvalue weighted by Gasteiger charge is 2.11. The molecule has 1 unspecified atom stereocenters. The minimum absolute atomic E-state index is 0.0875. The van der Waals surface area contributed by atoms with Crippen molar-refractivity contribution in [2.45, 2.75) is 32.2 Å². The normalized spacial score (nSPS) is 12.5. The molecule has 0 spiro atoms. The number of carbonyl (C=O) groups excluding carboxylic acids is 1. The van der Waals surface area contributed by atoms with Gasteiger partial charge in [-0.1, -0.05) is 25.5 Å². The summed E-state index contributed by atoms with van der Waals surface area (Å²) in [4.78, 5) is 11.6. The second-order valence-corrected chi connectivity index (χ2v) is 3.69. The number of nitrogens with two attached hydrogens (primary N) is 1. The molecule has 0 saturated carbocycles. The molecular weight excluding hydrogens is 193 g/mol. The summed E-state index contributed by atoms with van der Waals surface area (Å²) in [5, 5.41) is 0. The van der Waals surface area contributed by atoms with E-state index in [9.17, 15) is 9.18 Å². The van der Waals surface area contributed by atoms with E-state index < -0.39 is 0 Å². The fourth-order valence-corrected chi connectivity index (χ4v) is 1.49. The topological polar surface area (TPSA) is 43.1 Å². The van der Waals surface area contributed by atoms with Crippen molar-refractivity contribution >= 4 is 5.78 Å². The van der Waals surface area contributed by atoms with Gasteiger partial charge in [0.2, 0.25) is 0 Å². The van der Waals surface area contributed by atoms with Gasteiger partial charge in [-0.15, -0.1) is 0 Å². The SMILES string of the molecule is CCCC(N)CC(=O)c1cccc(F)c1. The molecule has 0 aromatic heterocycles. The first kappa shape index (κ1) is 11.9. The highest BCUT2D eigenvalue weighted by Crippen LogP contribution is 2.09. The first-order valence-electron chi connectivity index (χ1n) is 5.17.